The van der Waals surface area contributed by atoms with Gasteiger partial charge in [-0.15, -0.1) is 0 Å². The SMILES string of the molecule is CC(C)(C)c1ccc(-c2c3nc(c(-c4ccc(C(C)(C)C)cc4)c4[nH]c(c(-c5ccc(C(C)(C)C)cc5)c5nc(c(-c6ccc(C(C)(C)C)cc6)c6[nH]c2c2cc7ccccc7cc62)-c2cc6ccccc6cc2-5)c2cc5ccccc5cc42)-c2cc4ccccc4cc2-3)cc1. The lowest BCUT2D eigenvalue weighted by Crippen LogP contribution is -2.10. The monoisotopic (exact) mass is 1240 g/mol. The zero-order chi connectivity index (χ0) is 65.9. The second-order valence-corrected chi connectivity index (χ2v) is 31.2. The van der Waals surface area contributed by atoms with Crippen LogP contribution in [0.4, 0.5) is 0 Å². The predicted molar refractivity (Wildman–Crippen MR) is 411 cm³/mol. The Bertz CT molecular complexity index is 5200. The molecule has 4 nitrogen and oxygen atoms in total. The molecule has 12 aromatic carbocycles. The fourth-order valence-electron chi connectivity index (χ4n) is 15.3. The quantitative estimate of drug-likeness (QED) is 0.184. The number of H-pyrrole nitrogens is 2. The molecule has 466 valence electrons. The van der Waals surface area contributed by atoms with Gasteiger partial charge in [0.2, 0.25) is 0 Å². The van der Waals surface area contributed by atoms with E-state index in [4.69, 9.17) is 9.97 Å². The molecule has 1 aliphatic carbocycles. The number of benzene rings is 12. The Morgan fingerprint density at radius 2 is 0.396 bits per heavy atom. The summed E-state index contributed by atoms with van der Waals surface area (Å²) in [6.07, 6.45) is 0. The van der Waals surface area contributed by atoms with E-state index >= 15 is 0 Å². The van der Waals surface area contributed by atoms with E-state index in [1.807, 2.05) is 0 Å². The van der Waals surface area contributed by atoms with Crippen LogP contribution in [0, 0.1) is 0 Å². The average Bonchev–Trinajstić information content (AvgIpc) is 1.55. The molecule has 0 unspecified atom stereocenters. The molecule has 17 rings (SSSR count). The Kier molecular flexibility index (Phi) is 13.2. The van der Waals surface area contributed by atoms with Crippen molar-refractivity contribution in [2.75, 3.05) is 0 Å². The molecule has 2 N–H and O–H groups in total. The number of hydrogen-bond donors (Lipinski definition) is 2. The Labute approximate surface area is 562 Å². The maximum Gasteiger partial charge on any atom is 0.0816 e. The first-order valence-corrected chi connectivity index (χ1v) is 34.1. The zero-order valence-electron chi connectivity index (χ0n) is 57.0. The third-order valence-electron chi connectivity index (χ3n) is 20.7. The molecule has 4 heteroatoms. The van der Waals surface area contributed by atoms with E-state index < -0.39 is 0 Å². The van der Waals surface area contributed by atoms with Crippen molar-refractivity contribution < 1.29 is 0 Å². The normalized spacial score (nSPS) is 12.8. The molecule has 4 heterocycles. The number of nitrogens with zero attached hydrogens (tertiary/aromatic N) is 2. The van der Waals surface area contributed by atoms with Crippen LogP contribution in [-0.2, 0) is 21.7 Å². The Hall–Kier alpha value is -10.7. The van der Waals surface area contributed by atoms with Gasteiger partial charge in [-0.2, -0.15) is 0 Å². The molecular formula is C92H78N4. The molecule has 96 heavy (non-hydrogen) atoms. The minimum atomic E-state index is -0.0827. The summed E-state index contributed by atoms with van der Waals surface area (Å²) in [7, 11) is 0. The van der Waals surface area contributed by atoms with Crippen molar-refractivity contribution >= 4 is 86.7 Å². The largest absolute Gasteiger partial charge is 0.353 e. The second kappa shape index (κ2) is 21.4. The van der Waals surface area contributed by atoms with E-state index in [2.05, 4.69) is 336 Å². The fourth-order valence-corrected chi connectivity index (χ4v) is 15.3. The number of aromatic nitrogens is 4. The van der Waals surface area contributed by atoms with E-state index in [-0.39, 0.29) is 21.7 Å². The van der Waals surface area contributed by atoms with Crippen LogP contribution < -0.4 is 0 Å². The van der Waals surface area contributed by atoms with Crippen LogP contribution in [-0.4, -0.2) is 19.9 Å². The zero-order valence-corrected chi connectivity index (χ0v) is 57.0. The van der Waals surface area contributed by atoms with Gasteiger partial charge in [-0.3, -0.25) is 0 Å². The molecule has 0 radical (unpaired) electrons. The van der Waals surface area contributed by atoms with Gasteiger partial charge in [0, 0.05) is 66.1 Å². The lowest BCUT2D eigenvalue weighted by Gasteiger charge is -2.19. The molecule has 0 saturated heterocycles. The van der Waals surface area contributed by atoms with Crippen LogP contribution in [0.15, 0.2) is 243 Å². The highest BCUT2D eigenvalue weighted by Crippen LogP contribution is 2.54. The molecular weight excluding hydrogens is 1160 g/mol. The van der Waals surface area contributed by atoms with Crippen LogP contribution in [0.5, 0.6) is 0 Å². The standard InChI is InChI=1S/C92H78N4/c1-89(2,3)65-37-29-53(30-38-65)77-81-69-45-57-21-13-15-23-59(57)47-71(69)83(93-81)78(54-31-39-66(40-32-54)90(4,5)6)85-73-49-61-25-17-19-27-63(61)51-75(73)87(95-85)80(56-35-43-68(44-36-56)92(10,11)12)88-76-52-64-28-20-18-26-62(64)50-74(76)86(96-88)79(55-33-41-67(42-34-55)91(7,8)9)84-72-48-60-24-16-14-22-58(60)46-70(72)82(77)94-84/h13-52,93,96H,1-12H3. The first-order chi connectivity index (χ1) is 46.1. The van der Waals surface area contributed by atoms with Crippen molar-refractivity contribution in [2.45, 2.75) is 105 Å². The van der Waals surface area contributed by atoms with Crippen LogP contribution in [0.3, 0.4) is 0 Å². The third kappa shape index (κ3) is 9.70. The first-order valence-electron chi connectivity index (χ1n) is 34.1. The van der Waals surface area contributed by atoms with Crippen LogP contribution in [0.1, 0.15) is 105 Å². The summed E-state index contributed by atoms with van der Waals surface area (Å²) >= 11 is 0. The number of nitrogens with one attached hydrogen (secondary N) is 2. The van der Waals surface area contributed by atoms with Gasteiger partial charge in [0.15, 0.2) is 0 Å². The molecule has 14 aromatic rings. The Morgan fingerprint density at radius 1 is 0.219 bits per heavy atom. The third-order valence-corrected chi connectivity index (χ3v) is 20.7. The smallest absolute Gasteiger partial charge is 0.0816 e. The molecule has 3 aliphatic rings. The van der Waals surface area contributed by atoms with Gasteiger partial charge in [0.1, 0.15) is 0 Å². The molecule has 2 aromatic heterocycles. The number of rotatable bonds is 4. The highest BCUT2D eigenvalue weighted by atomic mass is 14.8. The topological polar surface area (TPSA) is 57.4 Å². The summed E-state index contributed by atoms with van der Waals surface area (Å²) in [5.74, 6) is 0. The summed E-state index contributed by atoms with van der Waals surface area (Å²) in [4.78, 5) is 21.6. The summed E-state index contributed by atoms with van der Waals surface area (Å²) in [5.41, 5.74) is 25.0. The molecule has 8 bridgehead atoms. The molecule has 0 spiro atoms. The molecule has 0 amide bonds. The molecule has 2 aliphatic heterocycles. The minimum absolute atomic E-state index is 0.0827. The van der Waals surface area contributed by atoms with Crippen LogP contribution >= 0.6 is 0 Å². The predicted octanol–water partition coefficient (Wildman–Crippen LogP) is 25.8. The van der Waals surface area contributed by atoms with Gasteiger partial charge >= 0.3 is 0 Å². The summed E-state index contributed by atoms with van der Waals surface area (Å²) in [6.45, 7) is 27.6. The number of fused-ring (bicyclic) bond motifs is 4. The lowest BCUT2D eigenvalue weighted by atomic mass is 9.85. The van der Waals surface area contributed by atoms with Crippen LogP contribution in [0.25, 0.3) is 176 Å². The van der Waals surface area contributed by atoms with E-state index in [0.29, 0.717) is 0 Å². The van der Waals surface area contributed by atoms with Crippen molar-refractivity contribution in [1.29, 1.82) is 0 Å². The van der Waals surface area contributed by atoms with Gasteiger partial charge in [0.25, 0.3) is 0 Å². The Balaban J connectivity index is 1.21. The van der Waals surface area contributed by atoms with Gasteiger partial charge in [-0.1, -0.05) is 277 Å². The van der Waals surface area contributed by atoms with E-state index in [9.17, 15) is 0 Å². The molecule has 0 saturated carbocycles. The number of hydrogen-bond acceptors (Lipinski definition) is 2. The highest BCUT2D eigenvalue weighted by Gasteiger charge is 2.32. The van der Waals surface area contributed by atoms with E-state index in [1.54, 1.807) is 0 Å². The van der Waals surface area contributed by atoms with Crippen molar-refractivity contribution in [3.63, 3.8) is 0 Å². The van der Waals surface area contributed by atoms with Crippen molar-refractivity contribution in [3.8, 4) is 89.5 Å². The maximum atomic E-state index is 6.37. The second-order valence-electron chi connectivity index (χ2n) is 31.2. The molecule has 0 fully saturated rings. The van der Waals surface area contributed by atoms with Gasteiger partial charge in [-0.25, -0.2) is 9.97 Å². The average molecular weight is 1240 g/mol. The van der Waals surface area contributed by atoms with E-state index in [0.717, 1.165) is 176 Å². The first kappa shape index (κ1) is 59.1. The summed E-state index contributed by atoms with van der Waals surface area (Å²) in [5, 5.41) is 13.7. The Morgan fingerprint density at radius 3 is 0.573 bits per heavy atom. The minimum Gasteiger partial charge on any atom is -0.353 e. The lowest BCUT2D eigenvalue weighted by molar-refractivity contribution is 0.590. The fraction of sp³-hybridized carbons (Fsp3) is 0.174. The van der Waals surface area contributed by atoms with Crippen molar-refractivity contribution in [2.24, 2.45) is 0 Å². The number of aromatic amines is 2. The highest BCUT2D eigenvalue weighted by molar-refractivity contribution is 6.25. The van der Waals surface area contributed by atoms with Gasteiger partial charge < -0.3 is 9.97 Å². The van der Waals surface area contributed by atoms with E-state index in [1.165, 1.54) is 22.3 Å². The molecule has 0 atom stereocenters. The van der Waals surface area contributed by atoms with Crippen molar-refractivity contribution in [1.82, 2.24) is 19.9 Å². The maximum absolute atomic E-state index is 6.37. The summed E-state index contributed by atoms with van der Waals surface area (Å²) in [6, 6.07) is 92.1. The van der Waals surface area contributed by atoms with Crippen LogP contribution in [0.2, 0.25) is 0 Å². The summed E-state index contributed by atoms with van der Waals surface area (Å²) < 4.78 is 0. The van der Waals surface area contributed by atoms with Gasteiger partial charge in [-0.05, 0) is 158 Å². The van der Waals surface area contributed by atoms with Crippen molar-refractivity contribution in [3.05, 3.63) is 265 Å². The van der Waals surface area contributed by atoms with Gasteiger partial charge in [0.05, 0.1) is 44.8 Å².